The van der Waals surface area contributed by atoms with Gasteiger partial charge >= 0.3 is 0 Å². The van der Waals surface area contributed by atoms with E-state index in [1.807, 2.05) is 38.1 Å². The molecule has 1 aromatic carbocycles. The molecule has 6 heteroatoms. The molecule has 0 unspecified atom stereocenters. The summed E-state index contributed by atoms with van der Waals surface area (Å²) in [6.07, 6.45) is -0.454. The van der Waals surface area contributed by atoms with Crippen LogP contribution < -0.4 is 10.1 Å². The van der Waals surface area contributed by atoms with Gasteiger partial charge in [0, 0.05) is 19.7 Å². The van der Waals surface area contributed by atoms with E-state index in [2.05, 4.69) is 5.32 Å². The maximum Gasteiger partial charge on any atom is 0.119 e. The van der Waals surface area contributed by atoms with Crippen molar-refractivity contribution in [1.29, 1.82) is 0 Å². The van der Waals surface area contributed by atoms with Crippen molar-refractivity contribution in [1.82, 2.24) is 5.32 Å². The van der Waals surface area contributed by atoms with Crippen molar-refractivity contribution < 1.29 is 24.4 Å². The van der Waals surface area contributed by atoms with E-state index in [0.717, 1.165) is 6.42 Å². The summed E-state index contributed by atoms with van der Waals surface area (Å²) in [7, 11) is 1.68. The van der Waals surface area contributed by atoms with Gasteiger partial charge in [-0.1, -0.05) is 26.0 Å². The Hall–Kier alpha value is -1.18. The van der Waals surface area contributed by atoms with Crippen LogP contribution in [0.3, 0.4) is 0 Å². The lowest BCUT2D eigenvalue weighted by Crippen LogP contribution is -2.35. The van der Waals surface area contributed by atoms with Crippen molar-refractivity contribution >= 4 is 0 Å². The largest absolute Gasteiger partial charge is 0.491 e. The Morgan fingerprint density at radius 1 is 1.00 bits per heavy atom. The predicted octanol–water partition coefficient (Wildman–Crippen LogP) is 0.991. The molecule has 1 rings (SSSR count). The average molecular weight is 341 g/mol. The van der Waals surface area contributed by atoms with E-state index in [1.165, 1.54) is 5.56 Å². The third-order valence-corrected chi connectivity index (χ3v) is 3.34. The standard InChI is InChI=1S/C18H31NO5/c1-14(2)19-10-16(20)11-23-12-17(21)13-24-18-6-4-15(5-7-18)8-9-22-3/h4-7,14,16-17,19-21H,8-13H2,1-3H3/t16-,17-/m1/s1. The second-order valence-electron chi connectivity index (χ2n) is 6.11. The van der Waals surface area contributed by atoms with Gasteiger partial charge in [-0.3, -0.25) is 0 Å². The van der Waals surface area contributed by atoms with E-state index in [9.17, 15) is 10.2 Å². The van der Waals surface area contributed by atoms with Gasteiger partial charge in [0.1, 0.15) is 18.5 Å². The fraction of sp³-hybridized carbons (Fsp3) is 0.667. The van der Waals surface area contributed by atoms with Crippen LogP contribution in [0.15, 0.2) is 24.3 Å². The maximum atomic E-state index is 9.85. The monoisotopic (exact) mass is 341 g/mol. The first-order valence-electron chi connectivity index (χ1n) is 8.39. The first-order valence-corrected chi connectivity index (χ1v) is 8.39. The van der Waals surface area contributed by atoms with E-state index in [1.54, 1.807) is 7.11 Å². The molecular formula is C18H31NO5. The van der Waals surface area contributed by atoms with Crippen molar-refractivity contribution in [2.24, 2.45) is 0 Å². The van der Waals surface area contributed by atoms with Gasteiger partial charge in [-0.25, -0.2) is 0 Å². The van der Waals surface area contributed by atoms with Crippen molar-refractivity contribution in [3.63, 3.8) is 0 Å². The lowest BCUT2D eigenvalue weighted by atomic mass is 10.1. The molecule has 2 atom stereocenters. The number of benzene rings is 1. The van der Waals surface area contributed by atoms with Crippen LogP contribution >= 0.6 is 0 Å². The van der Waals surface area contributed by atoms with Crippen molar-refractivity contribution in [2.75, 3.05) is 40.1 Å². The van der Waals surface area contributed by atoms with Gasteiger partial charge in [0.05, 0.1) is 25.9 Å². The van der Waals surface area contributed by atoms with Crippen LogP contribution in [0.4, 0.5) is 0 Å². The zero-order valence-electron chi connectivity index (χ0n) is 14.9. The van der Waals surface area contributed by atoms with Crippen molar-refractivity contribution in [2.45, 2.75) is 38.5 Å². The van der Waals surface area contributed by atoms with Gasteiger partial charge in [-0.15, -0.1) is 0 Å². The summed E-state index contributed by atoms with van der Waals surface area (Å²) in [5.74, 6) is 0.705. The Kier molecular flexibility index (Phi) is 10.6. The van der Waals surface area contributed by atoms with Gasteiger partial charge in [0.25, 0.3) is 0 Å². The SMILES string of the molecule is COCCc1ccc(OC[C@H](O)COC[C@H](O)CNC(C)C)cc1. The van der Waals surface area contributed by atoms with Crippen molar-refractivity contribution in [3.05, 3.63) is 29.8 Å². The summed E-state index contributed by atoms with van der Waals surface area (Å²) in [6.45, 7) is 5.65. The Bertz CT molecular complexity index is 424. The van der Waals surface area contributed by atoms with E-state index < -0.39 is 12.2 Å². The highest BCUT2D eigenvalue weighted by Crippen LogP contribution is 2.13. The Balaban J connectivity index is 2.15. The smallest absolute Gasteiger partial charge is 0.119 e. The first kappa shape index (κ1) is 20.9. The van der Waals surface area contributed by atoms with E-state index >= 15 is 0 Å². The number of hydrogen-bond acceptors (Lipinski definition) is 6. The molecule has 24 heavy (non-hydrogen) atoms. The number of aliphatic hydroxyl groups excluding tert-OH is 2. The molecule has 1 aromatic rings. The number of nitrogens with one attached hydrogen (secondary N) is 1. The molecule has 0 radical (unpaired) electrons. The minimum atomic E-state index is -0.733. The fourth-order valence-electron chi connectivity index (χ4n) is 1.98. The Labute approximate surface area is 144 Å². The minimum Gasteiger partial charge on any atom is -0.491 e. The normalized spacial score (nSPS) is 13.9. The zero-order valence-corrected chi connectivity index (χ0v) is 14.9. The second-order valence-corrected chi connectivity index (χ2v) is 6.11. The van der Waals surface area contributed by atoms with Crippen LogP contribution in [0.1, 0.15) is 19.4 Å². The number of ether oxygens (including phenoxy) is 3. The molecule has 0 heterocycles. The second kappa shape index (κ2) is 12.2. The van der Waals surface area contributed by atoms with Crippen molar-refractivity contribution in [3.8, 4) is 5.75 Å². The summed E-state index contributed by atoms with van der Waals surface area (Å²) in [4.78, 5) is 0. The van der Waals surface area contributed by atoms with E-state index in [0.29, 0.717) is 24.9 Å². The number of hydrogen-bond donors (Lipinski definition) is 3. The van der Waals surface area contributed by atoms with E-state index in [4.69, 9.17) is 14.2 Å². The van der Waals surface area contributed by atoms with Gasteiger partial charge < -0.3 is 29.7 Å². The maximum absolute atomic E-state index is 9.85. The number of aliphatic hydroxyl groups is 2. The van der Waals surface area contributed by atoms with Crippen LogP contribution in [0.5, 0.6) is 5.75 Å². The summed E-state index contributed by atoms with van der Waals surface area (Å²) >= 11 is 0. The molecule has 0 fully saturated rings. The van der Waals surface area contributed by atoms with E-state index in [-0.39, 0.29) is 19.8 Å². The van der Waals surface area contributed by atoms with Crippen LogP contribution in [0.2, 0.25) is 0 Å². The molecule has 0 saturated carbocycles. The molecular weight excluding hydrogens is 310 g/mol. The minimum absolute atomic E-state index is 0.130. The Morgan fingerprint density at radius 3 is 2.29 bits per heavy atom. The van der Waals surface area contributed by atoms with Gasteiger partial charge in [0.2, 0.25) is 0 Å². The highest BCUT2D eigenvalue weighted by Gasteiger charge is 2.09. The zero-order chi connectivity index (χ0) is 17.8. The van der Waals surface area contributed by atoms with Gasteiger partial charge in [0.15, 0.2) is 0 Å². The molecule has 0 aliphatic heterocycles. The number of methoxy groups -OCH3 is 1. The quantitative estimate of drug-likeness (QED) is 0.496. The summed E-state index contributed by atoms with van der Waals surface area (Å²) in [6, 6.07) is 8.03. The summed E-state index contributed by atoms with van der Waals surface area (Å²) in [5, 5.41) is 22.7. The van der Waals surface area contributed by atoms with Crippen LogP contribution in [-0.4, -0.2) is 68.5 Å². The molecule has 0 saturated heterocycles. The molecule has 0 amide bonds. The topological polar surface area (TPSA) is 80.2 Å². The molecule has 0 aliphatic carbocycles. The molecule has 0 spiro atoms. The highest BCUT2D eigenvalue weighted by molar-refractivity contribution is 5.27. The predicted molar refractivity (Wildman–Crippen MR) is 93.5 cm³/mol. The van der Waals surface area contributed by atoms with Crippen LogP contribution in [0, 0.1) is 0 Å². The summed E-state index contributed by atoms with van der Waals surface area (Å²) < 4.78 is 15.9. The highest BCUT2D eigenvalue weighted by atomic mass is 16.5. The lowest BCUT2D eigenvalue weighted by Gasteiger charge is -2.16. The third kappa shape index (κ3) is 9.85. The summed E-state index contributed by atoms with van der Waals surface area (Å²) in [5.41, 5.74) is 1.18. The molecule has 6 nitrogen and oxygen atoms in total. The molecule has 3 N–H and O–H groups in total. The molecule has 0 aromatic heterocycles. The van der Waals surface area contributed by atoms with Gasteiger partial charge in [-0.2, -0.15) is 0 Å². The lowest BCUT2D eigenvalue weighted by molar-refractivity contribution is -0.0204. The number of rotatable bonds is 13. The van der Waals surface area contributed by atoms with Crippen LogP contribution in [-0.2, 0) is 15.9 Å². The fourth-order valence-corrected chi connectivity index (χ4v) is 1.98. The molecule has 138 valence electrons. The van der Waals surface area contributed by atoms with Crippen LogP contribution in [0.25, 0.3) is 0 Å². The molecule has 0 bridgehead atoms. The molecule has 0 aliphatic rings. The first-order chi connectivity index (χ1) is 11.5. The average Bonchev–Trinajstić information content (AvgIpc) is 2.57. The van der Waals surface area contributed by atoms with Gasteiger partial charge in [-0.05, 0) is 24.1 Å². The third-order valence-electron chi connectivity index (χ3n) is 3.34. The Morgan fingerprint density at radius 2 is 1.67 bits per heavy atom.